The van der Waals surface area contributed by atoms with E-state index >= 15 is 0 Å². The molecule has 0 radical (unpaired) electrons. The van der Waals surface area contributed by atoms with Crippen LogP contribution in [0.25, 0.3) is 21.7 Å². The summed E-state index contributed by atoms with van der Waals surface area (Å²) >= 11 is 0. The highest BCUT2D eigenvalue weighted by atomic mass is 16.6. The van der Waals surface area contributed by atoms with E-state index in [0.717, 1.165) is 5.39 Å². The minimum Gasteiger partial charge on any atom is -0.497 e. The van der Waals surface area contributed by atoms with Crippen LogP contribution >= 0.6 is 0 Å². The first kappa shape index (κ1) is 23.8. The maximum atomic E-state index is 13.6. The minimum absolute atomic E-state index is 0.0123. The number of esters is 1. The number of carbonyl (C=O) groups is 1. The number of aromatic nitrogens is 2. The van der Waals surface area contributed by atoms with E-state index in [1.165, 1.54) is 12.1 Å². The van der Waals surface area contributed by atoms with E-state index in [0.29, 0.717) is 45.5 Å². The van der Waals surface area contributed by atoms with Gasteiger partial charge in [-0.1, -0.05) is 42.5 Å². The predicted octanol–water partition coefficient (Wildman–Crippen LogP) is 5.77. The van der Waals surface area contributed by atoms with Crippen LogP contribution in [0.15, 0.2) is 78.9 Å². The molecule has 37 heavy (non-hydrogen) atoms. The quantitative estimate of drug-likeness (QED) is 0.152. The predicted molar refractivity (Wildman–Crippen MR) is 139 cm³/mol. The summed E-state index contributed by atoms with van der Waals surface area (Å²) in [4.78, 5) is 24.3. The molecule has 0 spiro atoms. The number of nitrogens with zero attached hydrogens (tertiary/aromatic N) is 3. The molecule has 0 N–H and O–H groups in total. The molecule has 0 aliphatic heterocycles. The number of hydrogen-bond acceptors (Lipinski definition) is 7. The van der Waals surface area contributed by atoms with E-state index in [4.69, 9.17) is 14.2 Å². The number of hydrogen-bond donors (Lipinski definition) is 0. The molecular formula is C28H23N3O6. The van der Waals surface area contributed by atoms with E-state index in [2.05, 4.69) is 5.10 Å². The van der Waals surface area contributed by atoms with Gasteiger partial charge in [0, 0.05) is 12.1 Å². The summed E-state index contributed by atoms with van der Waals surface area (Å²) in [7, 11) is 1.55. The molecule has 1 aromatic heterocycles. The zero-order valence-corrected chi connectivity index (χ0v) is 20.2. The van der Waals surface area contributed by atoms with Gasteiger partial charge in [-0.25, -0.2) is 4.79 Å². The number of fused-ring (bicyclic) bond motifs is 2. The molecule has 0 aliphatic carbocycles. The SMILES string of the molecule is CCOc1ccc2ccccc2c1C(=O)Oc1nn(Cc2cccc([N+](=O)[O-])c2)c2ccc(OC)cc12. The second-order valence-corrected chi connectivity index (χ2v) is 8.26. The van der Waals surface area contributed by atoms with Gasteiger partial charge < -0.3 is 14.2 Å². The molecule has 5 aromatic rings. The average Bonchev–Trinajstić information content (AvgIpc) is 3.24. The Morgan fingerprint density at radius 2 is 1.84 bits per heavy atom. The third kappa shape index (κ3) is 4.66. The van der Waals surface area contributed by atoms with Crippen LogP contribution in [-0.2, 0) is 6.54 Å². The van der Waals surface area contributed by atoms with Crippen LogP contribution < -0.4 is 14.2 Å². The van der Waals surface area contributed by atoms with Gasteiger partial charge in [0.2, 0.25) is 5.88 Å². The molecule has 0 bridgehead atoms. The van der Waals surface area contributed by atoms with Gasteiger partial charge in [0.1, 0.15) is 17.1 Å². The van der Waals surface area contributed by atoms with E-state index in [-0.39, 0.29) is 18.1 Å². The highest BCUT2D eigenvalue weighted by Gasteiger charge is 2.23. The summed E-state index contributed by atoms with van der Waals surface area (Å²) in [5.41, 5.74) is 1.66. The number of nitro groups is 1. The normalized spacial score (nSPS) is 11.0. The van der Waals surface area contributed by atoms with E-state index in [1.54, 1.807) is 48.2 Å². The van der Waals surface area contributed by atoms with Crippen LogP contribution in [0.2, 0.25) is 0 Å². The topological polar surface area (TPSA) is 106 Å². The molecule has 4 aromatic carbocycles. The van der Waals surface area contributed by atoms with E-state index in [9.17, 15) is 14.9 Å². The maximum Gasteiger partial charge on any atom is 0.349 e. The summed E-state index contributed by atoms with van der Waals surface area (Å²) in [6.07, 6.45) is 0. The summed E-state index contributed by atoms with van der Waals surface area (Å²) < 4.78 is 18.6. The fraction of sp³-hybridized carbons (Fsp3) is 0.143. The number of nitro benzene ring substituents is 1. The Labute approximate surface area is 211 Å². The fourth-order valence-electron chi connectivity index (χ4n) is 4.27. The molecule has 0 fully saturated rings. The van der Waals surface area contributed by atoms with Gasteiger partial charge in [0.15, 0.2) is 0 Å². The molecule has 0 atom stereocenters. The second kappa shape index (κ2) is 9.98. The lowest BCUT2D eigenvalue weighted by Gasteiger charge is -2.12. The summed E-state index contributed by atoms with van der Waals surface area (Å²) in [5.74, 6) is 0.480. The Bertz CT molecular complexity index is 1640. The summed E-state index contributed by atoms with van der Waals surface area (Å²) in [5, 5.41) is 17.9. The smallest absolute Gasteiger partial charge is 0.349 e. The van der Waals surface area contributed by atoms with Crippen LogP contribution in [0.3, 0.4) is 0 Å². The van der Waals surface area contributed by atoms with Crippen molar-refractivity contribution in [2.24, 2.45) is 0 Å². The Morgan fingerprint density at radius 3 is 2.62 bits per heavy atom. The molecule has 1 heterocycles. The second-order valence-electron chi connectivity index (χ2n) is 8.26. The first-order valence-electron chi connectivity index (χ1n) is 11.6. The summed E-state index contributed by atoms with van der Waals surface area (Å²) in [6, 6.07) is 22.8. The number of rotatable bonds is 8. The largest absolute Gasteiger partial charge is 0.497 e. The standard InChI is InChI=1S/C28H23N3O6/c1-3-36-25-14-11-19-8-4-5-10-22(19)26(25)28(32)37-27-23-16-21(35-2)12-13-24(23)30(29-27)17-18-7-6-9-20(15-18)31(33)34/h4-16H,3,17H2,1-2H3. The molecule has 0 saturated heterocycles. The maximum absolute atomic E-state index is 13.6. The zero-order chi connectivity index (χ0) is 25.9. The Kier molecular flexibility index (Phi) is 6.42. The molecule has 0 amide bonds. The Hall–Kier alpha value is -4.92. The fourth-order valence-corrected chi connectivity index (χ4v) is 4.27. The third-order valence-electron chi connectivity index (χ3n) is 5.96. The monoisotopic (exact) mass is 497 g/mol. The Morgan fingerprint density at radius 1 is 1.00 bits per heavy atom. The van der Waals surface area contributed by atoms with Crippen LogP contribution in [0.4, 0.5) is 5.69 Å². The average molecular weight is 498 g/mol. The molecule has 0 saturated carbocycles. The highest BCUT2D eigenvalue weighted by Crippen LogP contribution is 2.33. The van der Waals surface area contributed by atoms with Crippen molar-refractivity contribution in [1.82, 2.24) is 9.78 Å². The molecule has 0 unspecified atom stereocenters. The van der Waals surface area contributed by atoms with E-state index < -0.39 is 10.9 Å². The van der Waals surface area contributed by atoms with Gasteiger partial charge in [-0.15, -0.1) is 5.10 Å². The van der Waals surface area contributed by atoms with Gasteiger partial charge in [0.25, 0.3) is 5.69 Å². The third-order valence-corrected chi connectivity index (χ3v) is 5.96. The summed E-state index contributed by atoms with van der Waals surface area (Å²) in [6.45, 7) is 2.47. The van der Waals surface area contributed by atoms with Crippen molar-refractivity contribution in [2.45, 2.75) is 13.5 Å². The lowest BCUT2D eigenvalue weighted by molar-refractivity contribution is -0.384. The molecule has 5 rings (SSSR count). The first-order chi connectivity index (χ1) is 18.0. The molecular weight excluding hydrogens is 474 g/mol. The lowest BCUT2D eigenvalue weighted by atomic mass is 10.0. The van der Waals surface area contributed by atoms with Crippen LogP contribution in [-0.4, -0.2) is 34.4 Å². The molecule has 9 heteroatoms. The van der Waals surface area contributed by atoms with Crippen molar-refractivity contribution in [3.63, 3.8) is 0 Å². The van der Waals surface area contributed by atoms with Crippen molar-refractivity contribution in [3.05, 3.63) is 100 Å². The Balaban J connectivity index is 1.58. The van der Waals surface area contributed by atoms with Crippen LogP contribution in [0.5, 0.6) is 17.4 Å². The van der Waals surface area contributed by atoms with Gasteiger partial charge in [0.05, 0.1) is 36.1 Å². The van der Waals surface area contributed by atoms with Gasteiger partial charge in [-0.2, -0.15) is 0 Å². The van der Waals surface area contributed by atoms with Gasteiger partial charge in [-0.3, -0.25) is 14.8 Å². The van der Waals surface area contributed by atoms with E-state index in [1.807, 2.05) is 37.3 Å². The van der Waals surface area contributed by atoms with Crippen LogP contribution in [0.1, 0.15) is 22.8 Å². The minimum atomic E-state index is -0.607. The lowest BCUT2D eigenvalue weighted by Crippen LogP contribution is -2.12. The first-order valence-corrected chi connectivity index (χ1v) is 11.6. The van der Waals surface area contributed by atoms with Crippen molar-refractivity contribution in [3.8, 4) is 17.4 Å². The number of carbonyl (C=O) groups excluding carboxylic acids is 1. The zero-order valence-electron chi connectivity index (χ0n) is 20.2. The highest BCUT2D eigenvalue weighted by molar-refractivity contribution is 6.08. The van der Waals surface area contributed by atoms with Crippen molar-refractivity contribution < 1.29 is 23.9 Å². The molecule has 0 aliphatic rings. The number of benzene rings is 4. The molecule has 186 valence electrons. The number of non-ortho nitro benzene ring substituents is 1. The van der Waals surface area contributed by atoms with Crippen molar-refractivity contribution >= 4 is 33.3 Å². The number of ether oxygens (including phenoxy) is 3. The van der Waals surface area contributed by atoms with Crippen molar-refractivity contribution in [1.29, 1.82) is 0 Å². The van der Waals surface area contributed by atoms with Gasteiger partial charge >= 0.3 is 5.97 Å². The number of methoxy groups -OCH3 is 1. The van der Waals surface area contributed by atoms with Crippen molar-refractivity contribution in [2.75, 3.05) is 13.7 Å². The molecule has 9 nitrogen and oxygen atoms in total. The van der Waals surface area contributed by atoms with Gasteiger partial charge in [-0.05, 0) is 47.5 Å². The van der Waals surface area contributed by atoms with Crippen LogP contribution in [0, 0.1) is 10.1 Å².